The highest BCUT2D eigenvalue weighted by Gasteiger charge is 2.42. The van der Waals surface area contributed by atoms with Crippen molar-refractivity contribution in [2.45, 2.75) is 79.3 Å². The van der Waals surface area contributed by atoms with Crippen LogP contribution in [0.15, 0.2) is 9.98 Å². The first-order valence-corrected chi connectivity index (χ1v) is 9.57. The van der Waals surface area contributed by atoms with Gasteiger partial charge in [0, 0.05) is 11.8 Å². The molecule has 0 bridgehead atoms. The molecule has 0 N–H and O–H groups in total. The molecule has 0 unspecified atom stereocenters. The average Bonchev–Trinajstić information content (AvgIpc) is 3.16. The monoisotopic (exact) mass is 334 g/mol. The van der Waals surface area contributed by atoms with Crippen molar-refractivity contribution < 1.29 is 9.47 Å². The lowest BCUT2D eigenvalue weighted by atomic mass is 9.78. The van der Waals surface area contributed by atoms with E-state index in [1.807, 2.05) is 0 Å². The van der Waals surface area contributed by atoms with Crippen molar-refractivity contribution >= 4 is 11.8 Å². The minimum Gasteiger partial charge on any atom is -0.478 e. The molecule has 1 fully saturated rings. The van der Waals surface area contributed by atoms with Gasteiger partial charge in [-0.05, 0) is 23.7 Å². The van der Waals surface area contributed by atoms with Crippen LogP contribution >= 0.6 is 0 Å². The minimum atomic E-state index is 0.157. The minimum absolute atomic E-state index is 0.157. The summed E-state index contributed by atoms with van der Waals surface area (Å²) in [5.41, 5.74) is 0.315. The van der Waals surface area contributed by atoms with E-state index in [-0.39, 0.29) is 22.9 Å². The Labute approximate surface area is 147 Å². The summed E-state index contributed by atoms with van der Waals surface area (Å²) in [6.45, 7) is 14.9. The summed E-state index contributed by atoms with van der Waals surface area (Å²) in [5.74, 6) is 2.63. The van der Waals surface area contributed by atoms with Crippen molar-refractivity contribution in [3.8, 4) is 0 Å². The third-order valence-electron chi connectivity index (χ3n) is 5.74. The normalized spacial score (nSPS) is 34.4. The number of hydrogen-bond acceptors (Lipinski definition) is 4. The fourth-order valence-electron chi connectivity index (χ4n) is 3.80. The van der Waals surface area contributed by atoms with E-state index in [9.17, 15) is 0 Å². The van der Waals surface area contributed by atoms with E-state index in [1.165, 1.54) is 12.8 Å². The highest BCUT2D eigenvalue weighted by atomic mass is 16.5. The molecule has 136 valence electrons. The zero-order valence-electron chi connectivity index (χ0n) is 16.3. The first-order valence-electron chi connectivity index (χ1n) is 9.57. The predicted octanol–water partition coefficient (Wildman–Crippen LogP) is 4.48. The number of aliphatic imine (C=N–C) groups is 2. The second kappa shape index (κ2) is 6.34. The summed E-state index contributed by atoms with van der Waals surface area (Å²) < 4.78 is 12.1. The second-order valence-corrected chi connectivity index (χ2v) is 9.82. The SMILES string of the molecule is CC(C)(C)[C@@H]1COC([C@H]2CCCC[C@H]2C2=N[C@H](C(C)(C)C)CO2)=N1. The first-order chi connectivity index (χ1) is 11.2. The molecule has 0 aromatic rings. The van der Waals surface area contributed by atoms with Crippen molar-refractivity contribution in [2.75, 3.05) is 13.2 Å². The zero-order chi connectivity index (χ0) is 17.5. The Bertz CT molecular complexity index is 477. The van der Waals surface area contributed by atoms with Crippen LogP contribution in [-0.2, 0) is 9.47 Å². The van der Waals surface area contributed by atoms with Gasteiger partial charge in [-0.3, -0.25) is 0 Å². The molecule has 2 heterocycles. The second-order valence-electron chi connectivity index (χ2n) is 9.82. The number of hydrogen-bond donors (Lipinski definition) is 0. The quantitative estimate of drug-likeness (QED) is 0.747. The maximum absolute atomic E-state index is 6.05. The lowest BCUT2D eigenvalue weighted by molar-refractivity contribution is 0.204. The Hall–Kier alpha value is -1.06. The number of rotatable bonds is 2. The summed E-state index contributed by atoms with van der Waals surface area (Å²) in [6, 6.07) is 0.535. The van der Waals surface area contributed by atoms with Crippen LogP contribution in [0.4, 0.5) is 0 Å². The largest absolute Gasteiger partial charge is 0.478 e. The van der Waals surface area contributed by atoms with Crippen molar-refractivity contribution in [2.24, 2.45) is 32.7 Å². The van der Waals surface area contributed by atoms with Gasteiger partial charge >= 0.3 is 0 Å². The van der Waals surface area contributed by atoms with Gasteiger partial charge in [-0.2, -0.15) is 0 Å². The summed E-state index contributed by atoms with van der Waals surface area (Å²) >= 11 is 0. The van der Waals surface area contributed by atoms with Gasteiger partial charge in [0.05, 0.1) is 12.1 Å². The zero-order valence-corrected chi connectivity index (χ0v) is 16.3. The van der Waals surface area contributed by atoms with Crippen LogP contribution in [0.3, 0.4) is 0 Å². The van der Waals surface area contributed by atoms with Gasteiger partial charge in [0.2, 0.25) is 0 Å². The van der Waals surface area contributed by atoms with Gasteiger partial charge in [0.1, 0.15) is 13.2 Å². The van der Waals surface area contributed by atoms with E-state index in [0.717, 1.165) is 37.9 Å². The van der Waals surface area contributed by atoms with E-state index in [1.54, 1.807) is 0 Å². The van der Waals surface area contributed by atoms with Crippen LogP contribution in [0.1, 0.15) is 67.2 Å². The molecule has 0 aromatic heterocycles. The van der Waals surface area contributed by atoms with Gasteiger partial charge in [-0.25, -0.2) is 9.98 Å². The topological polar surface area (TPSA) is 43.2 Å². The molecule has 24 heavy (non-hydrogen) atoms. The molecule has 0 aromatic carbocycles. The summed E-state index contributed by atoms with van der Waals surface area (Å²) in [6.07, 6.45) is 4.78. The maximum atomic E-state index is 6.05. The van der Waals surface area contributed by atoms with E-state index in [0.29, 0.717) is 11.8 Å². The van der Waals surface area contributed by atoms with Crippen molar-refractivity contribution in [1.29, 1.82) is 0 Å². The van der Waals surface area contributed by atoms with Crippen LogP contribution in [0.5, 0.6) is 0 Å². The van der Waals surface area contributed by atoms with E-state index >= 15 is 0 Å². The van der Waals surface area contributed by atoms with Gasteiger partial charge in [-0.15, -0.1) is 0 Å². The molecule has 3 aliphatic rings. The third-order valence-corrected chi connectivity index (χ3v) is 5.74. The number of nitrogens with zero attached hydrogens (tertiary/aromatic N) is 2. The molecule has 4 nitrogen and oxygen atoms in total. The standard InChI is InChI=1S/C20H34N2O2/c1-19(2,3)15-11-23-17(21-15)13-9-7-8-10-14(13)18-22-16(12-24-18)20(4,5)6/h13-16H,7-12H2,1-6H3/t13-,14+,15-,16-/m0/s1. The van der Waals surface area contributed by atoms with Gasteiger partial charge in [-0.1, -0.05) is 54.4 Å². The van der Waals surface area contributed by atoms with Crippen LogP contribution < -0.4 is 0 Å². The molecule has 0 amide bonds. The Morgan fingerprint density at radius 1 is 0.708 bits per heavy atom. The third kappa shape index (κ3) is 3.62. The Morgan fingerprint density at radius 3 is 1.38 bits per heavy atom. The predicted molar refractivity (Wildman–Crippen MR) is 98.7 cm³/mol. The Kier molecular flexibility index (Phi) is 4.69. The maximum Gasteiger partial charge on any atom is 0.187 e. The van der Waals surface area contributed by atoms with Crippen LogP contribution in [-0.4, -0.2) is 37.1 Å². The highest BCUT2D eigenvalue weighted by molar-refractivity contribution is 5.89. The molecule has 4 atom stereocenters. The fourth-order valence-corrected chi connectivity index (χ4v) is 3.80. The average molecular weight is 335 g/mol. The Balaban J connectivity index is 1.78. The summed E-state index contributed by atoms with van der Waals surface area (Å²) in [5, 5.41) is 0. The number of ether oxygens (including phenoxy) is 2. The molecule has 2 aliphatic heterocycles. The molecule has 1 aliphatic carbocycles. The lowest BCUT2D eigenvalue weighted by Crippen LogP contribution is -2.33. The van der Waals surface area contributed by atoms with Crippen molar-refractivity contribution in [3.63, 3.8) is 0 Å². The smallest absolute Gasteiger partial charge is 0.187 e. The van der Waals surface area contributed by atoms with E-state index in [4.69, 9.17) is 19.5 Å². The molecular weight excluding hydrogens is 300 g/mol. The summed E-state index contributed by atoms with van der Waals surface area (Å²) in [7, 11) is 0. The van der Waals surface area contributed by atoms with Gasteiger partial charge in [0.15, 0.2) is 11.8 Å². The van der Waals surface area contributed by atoms with Crippen LogP contribution in [0.2, 0.25) is 0 Å². The summed E-state index contributed by atoms with van der Waals surface area (Å²) in [4.78, 5) is 9.91. The van der Waals surface area contributed by atoms with Crippen LogP contribution in [0, 0.1) is 22.7 Å². The molecule has 0 radical (unpaired) electrons. The lowest BCUT2D eigenvalue weighted by Gasteiger charge is -2.30. The molecule has 4 heteroatoms. The highest BCUT2D eigenvalue weighted by Crippen LogP contribution is 2.38. The molecular formula is C20H34N2O2. The first kappa shape index (κ1) is 17.8. The van der Waals surface area contributed by atoms with Crippen LogP contribution in [0.25, 0.3) is 0 Å². The fraction of sp³-hybridized carbons (Fsp3) is 0.900. The van der Waals surface area contributed by atoms with Gasteiger partial charge in [0.25, 0.3) is 0 Å². The molecule has 0 spiro atoms. The van der Waals surface area contributed by atoms with Gasteiger partial charge < -0.3 is 9.47 Å². The van der Waals surface area contributed by atoms with Crippen molar-refractivity contribution in [3.05, 3.63) is 0 Å². The van der Waals surface area contributed by atoms with E-state index in [2.05, 4.69) is 41.5 Å². The molecule has 0 saturated heterocycles. The Morgan fingerprint density at radius 2 is 1.08 bits per heavy atom. The molecule has 1 saturated carbocycles. The van der Waals surface area contributed by atoms with E-state index < -0.39 is 0 Å². The van der Waals surface area contributed by atoms with Crippen molar-refractivity contribution in [1.82, 2.24) is 0 Å². The molecule has 3 rings (SSSR count).